The minimum atomic E-state index is -0.915. The van der Waals surface area contributed by atoms with Crippen molar-refractivity contribution >= 4 is 12.1 Å². The van der Waals surface area contributed by atoms with Gasteiger partial charge in [-0.25, -0.2) is 4.79 Å². The Balaban J connectivity index is 2.19. The quantitative estimate of drug-likeness (QED) is 0.871. The van der Waals surface area contributed by atoms with E-state index < -0.39 is 29.6 Å². The number of hydrogen-bond acceptors (Lipinski definition) is 3. The molecule has 0 saturated heterocycles. The number of nitrogens with one attached hydrogen (secondary N) is 1. The highest BCUT2D eigenvalue weighted by molar-refractivity contribution is 5.76. The van der Waals surface area contributed by atoms with Gasteiger partial charge in [-0.1, -0.05) is 24.3 Å². The highest BCUT2D eigenvalue weighted by Gasteiger charge is 2.38. The molecular formula is C15H19NO4. The molecule has 0 bridgehead atoms. The Labute approximate surface area is 117 Å². The third-order valence-electron chi connectivity index (χ3n) is 3.22. The Morgan fingerprint density at radius 3 is 2.55 bits per heavy atom. The fourth-order valence-corrected chi connectivity index (χ4v) is 2.44. The number of amides is 1. The lowest BCUT2D eigenvalue weighted by atomic mass is 10.0. The number of alkyl carbamates (subject to hydrolysis) is 1. The molecule has 0 aromatic heterocycles. The van der Waals surface area contributed by atoms with Gasteiger partial charge >= 0.3 is 12.1 Å². The van der Waals surface area contributed by atoms with Crippen LogP contribution in [0.25, 0.3) is 0 Å². The molecule has 0 fully saturated rings. The maximum Gasteiger partial charge on any atom is 0.408 e. The van der Waals surface area contributed by atoms with Gasteiger partial charge in [0.25, 0.3) is 0 Å². The largest absolute Gasteiger partial charge is 0.481 e. The Morgan fingerprint density at radius 1 is 1.30 bits per heavy atom. The van der Waals surface area contributed by atoms with Crippen LogP contribution in [0.5, 0.6) is 0 Å². The van der Waals surface area contributed by atoms with Gasteiger partial charge in [-0.05, 0) is 38.3 Å². The summed E-state index contributed by atoms with van der Waals surface area (Å²) in [5.41, 5.74) is 1.20. The first-order valence-electron chi connectivity index (χ1n) is 6.58. The molecule has 0 spiro atoms. The first-order chi connectivity index (χ1) is 9.28. The second-order valence-electron chi connectivity index (χ2n) is 5.97. The minimum Gasteiger partial charge on any atom is -0.481 e. The molecule has 0 radical (unpaired) electrons. The van der Waals surface area contributed by atoms with Gasteiger partial charge < -0.3 is 15.2 Å². The van der Waals surface area contributed by atoms with Crippen LogP contribution in [0.4, 0.5) is 4.79 Å². The Kier molecular flexibility index (Phi) is 3.70. The minimum absolute atomic E-state index is 0.423. The SMILES string of the molecule is CC(C)(C)OC(=O)N[C@@H]1c2ccccc2C[C@H]1C(=O)O. The fourth-order valence-electron chi connectivity index (χ4n) is 2.44. The lowest BCUT2D eigenvalue weighted by Crippen LogP contribution is -2.38. The molecule has 0 aliphatic heterocycles. The zero-order valence-corrected chi connectivity index (χ0v) is 11.8. The molecule has 108 valence electrons. The third-order valence-corrected chi connectivity index (χ3v) is 3.22. The molecule has 0 heterocycles. The fraction of sp³-hybridized carbons (Fsp3) is 0.467. The summed E-state index contributed by atoms with van der Waals surface area (Å²) in [5.74, 6) is -1.57. The topological polar surface area (TPSA) is 75.6 Å². The van der Waals surface area contributed by atoms with E-state index in [1.165, 1.54) is 0 Å². The number of carbonyl (C=O) groups excluding carboxylic acids is 1. The lowest BCUT2D eigenvalue weighted by molar-refractivity contribution is -0.142. The van der Waals surface area contributed by atoms with Crippen molar-refractivity contribution in [3.05, 3.63) is 35.4 Å². The zero-order chi connectivity index (χ0) is 14.9. The predicted molar refractivity (Wildman–Crippen MR) is 73.4 cm³/mol. The summed E-state index contributed by atoms with van der Waals surface area (Å²) in [6, 6.07) is 6.90. The number of benzene rings is 1. The molecule has 2 rings (SSSR count). The molecule has 1 amide bonds. The van der Waals surface area contributed by atoms with Gasteiger partial charge in [0.15, 0.2) is 0 Å². The second kappa shape index (κ2) is 5.15. The number of hydrogen-bond donors (Lipinski definition) is 2. The molecule has 1 aromatic carbocycles. The van der Waals surface area contributed by atoms with Crippen molar-refractivity contribution < 1.29 is 19.4 Å². The van der Waals surface area contributed by atoms with Crippen LogP contribution in [0.1, 0.15) is 37.9 Å². The van der Waals surface area contributed by atoms with Crippen LogP contribution in [-0.4, -0.2) is 22.8 Å². The molecule has 0 saturated carbocycles. The van der Waals surface area contributed by atoms with Crippen molar-refractivity contribution in [3.8, 4) is 0 Å². The standard InChI is InChI=1S/C15H19NO4/c1-15(2,3)20-14(19)16-12-10-7-5-4-6-9(10)8-11(12)13(17)18/h4-7,11-12H,8H2,1-3H3,(H,16,19)(H,17,18)/t11-,12-/m1/s1. The number of rotatable bonds is 2. The maximum absolute atomic E-state index is 11.9. The molecule has 1 aliphatic carbocycles. The van der Waals surface area contributed by atoms with Crippen LogP contribution in [0, 0.1) is 5.92 Å². The number of carbonyl (C=O) groups is 2. The number of carboxylic acids is 1. The summed E-state index contributed by atoms with van der Waals surface area (Å²) in [6.45, 7) is 5.30. The van der Waals surface area contributed by atoms with Gasteiger partial charge in [0.05, 0.1) is 12.0 Å². The van der Waals surface area contributed by atoms with Crippen molar-refractivity contribution in [2.75, 3.05) is 0 Å². The van der Waals surface area contributed by atoms with Crippen LogP contribution in [0.3, 0.4) is 0 Å². The highest BCUT2D eigenvalue weighted by Crippen LogP contribution is 2.36. The van der Waals surface area contributed by atoms with E-state index in [9.17, 15) is 14.7 Å². The van der Waals surface area contributed by atoms with Gasteiger partial charge in [0.1, 0.15) is 5.60 Å². The molecule has 2 N–H and O–H groups in total. The summed E-state index contributed by atoms with van der Waals surface area (Å²) in [4.78, 5) is 23.2. The van der Waals surface area contributed by atoms with E-state index in [2.05, 4.69) is 5.32 Å². The summed E-state index contributed by atoms with van der Waals surface area (Å²) in [6.07, 6.45) is -0.170. The monoisotopic (exact) mass is 277 g/mol. The lowest BCUT2D eigenvalue weighted by Gasteiger charge is -2.23. The smallest absolute Gasteiger partial charge is 0.408 e. The molecule has 20 heavy (non-hydrogen) atoms. The first-order valence-corrected chi connectivity index (χ1v) is 6.58. The van der Waals surface area contributed by atoms with E-state index in [0.717, 1.165) is 11.1 Å². The summed E-state index contributed by atoms with van der Waals surface area (Å²) in [7, 11) is 0. The Hall–Kier alpha value is -2.04. The van der Waals surface area contributed by atoms with Gasteiger partial charge in [-0.2, -0.15) is 0 Å². The van der Waals surface area contributed by atoms with Gasteiger partial charge in [-0.3, -0.25) is 4.79 Å². The number of ether oxygens (including phenoxy) is 1. The molecule has 1 aliphatic rings. The maximum atomic E-state index is 11.9. The van der Waals surface area contributed by atoms with Crippen LogP contribution in [-0.2, 0) is 16.0 Å². The normalized spacial score (nSPS) is 21.1. The van der Waals surface area contributed by atoms with Crippen molar-refractivity contribution in [2.24, 2.45) is 5.92 Å². The molecule has 2 atom stereocenters. The predicted octanol–water partition coefficient (Wildman–Crippen LogP) is 2.51. The van der Waals surface area contributed by atoms with Crippen LogP contribution in [0.15, 0.2) is 24.3 Å². The number of fused-ring (bicyclic) bond motifs is 1. The molecule has 0 unspecified atom stereocenters. The molecule has 5 nitrogen and oxygen atoms in total. The summed E-state index contributed by atoms with van der Waals surface area (Å²) < 4.78 is 5.20. The Bertz CT molecular complexity index is 533. The van der Waals surface area contributed by atoms with Crippen molar-refractivity contribution in [1.82, 2.24) is 5.32 Å². The average molecular weight is 277 g/mol. The van der Waals surface area contributed by atoms with E-state index in [-0.39, 0.29) is 0 Å². The first kappa shape index (κ1) is 14.4. The van der Waals surface area contributed by atoms with Crippen LogP contribution >= 0.6 is 0 Å². The highest BCUT2D eigenvalue weighted by atomic mass is 16.6. The Morgan fingerprint density at radius 2 is 1.95 bits per heavy atom. The summed E-state index contributed by atoms with van der Waals surface area (Å²) in [5, 5.41) is 12.0. The zero-order valence-electron chi connectivity index (χ0n) is 11.8. The number of aliphatic carboxylic acids is 1. The van der Waals surface area contributed by atoms with Crippen molar-refractivity contribution in [2.45, 2.75) is 38.8 Å². The van der Waals surface area contributed by atoms with Crippen LogP contribution < -0.4 is 5.32 Å². The third kappa shape index (κ3) is 3.10. The number of carboxylic acid groups (broad SMARTS) is 1. The van der Waals surface area contributed by atoms with E-state index in [4.69, 9.17) is 4.74 Å². The van der Waals surface area contributed by atoms with Gasteiger partial charge in [-0.15, -0.1) is 0 Å². The molecule has 1 aromatic rings. The van der Waals surface area contributed by atoms with E-state index in [0.29, 0.717) is 6.42 Å². The summed E-state index contributed by atoms with van der Waals surface area (Å²) >= 11 is 0. The van der Waals surface area contributed by atoms with Crippen molar-refractivity contribution in [3.63, 3.8) is 0 Å². The average Bonchev–Trinajstić information content (AvgIpc) is 2.66. The van der Waals surface area contributed by atoms with Gasteiger partial charge in [0.2, 0.25) is 0 Å². The molecular weight excluding hydrogens is 258 g/mol. The van der Waals surface area contributed by atoms with Crippen LogP contribution in [0.2, 0.25) is 0 Å². The molecule has 5 heteroatoms. The van der Waals surface area contributed by atoms with E-state index >= 15 is 0 Å². The van der Waals surface area contributed by atoms with Crippen molar-refractivity contribution in [1.29, 1.82) is 0 Å². The van der Waals surface area contributed by atoms with E-state index in [1.807, 2.05) is 24.3 Å². The van der Waals surface area contributed by atoms with E-state index in [1.54, 1.807) is 20.8 Å². The second-order valence-corrected chi connectivity index (χ2v) is 5.97. The van der Waals surface area contributed by atoms with Gasteiger partial charge in [0, 0.05) is 0 Å².